The van der Waals surface area contributed by atoms with Gasteiger partial charge in [0.05, 0.1) is 13.7 Å². The highest BCUT2D eigenvalue weighted by Crippen LogP contribution is 2.34. The normalized spacial score (nSPS) is 15.0. The van der Waals surface area contributed by atoms with Crippen molar-refractivity contribution >= 4 is 79.4 Å². The molecular formula is C25H17BrFIN2O3S. The van der Waals surface area contributed by atoms with E-state index in [4.69, 9.17) is 17.0 Å². The molecule has 0 saturated carbocycles. The van der Waals surface area contributed by atoms with E-state index in [1.54, 1.807) is 18.2 Å². The SMILES string of the molecule is Cc1ccc(COc2c(Br)cc(/C=C3\C(=O)NC(=S)N(c4ccccc4F)C3=O)cc2I)cc1. The molecule has 1 aliphatic rings. The number of thiocarbonyl (C=S) groups is 1. The molecule has 3 aromatic rings. The number of anilines is 1. The number of para-hydroxylation sites is 1. The predicted octanol–water partition coefficient (Wildman–Crippen LogP) is 5.91. The molecule has 1 saturated heterocycles. The number of aryl methyl sites for hydroxylation is 1. The van der Waals surface area contributed by atoms with Gasteiger partial charge in [-0.05, 0) is 99.1 Å². The number of hydrogen-bond donors (Lipinski definition) is 1. The fourth-order valence-corrected chi connectivity index (χ4v) is 5.36. The highest BCUT2D eigenvalue weighted by Gasteiger charge is 2.35. The second-order valence-electron chi connectivity index (χ2n) is 7.50. The van der Waals surface area contributed by atoms with E-state index in [0.29, 0.717) is 22.4 Å². The van der Waals surface area contributed by atoms with Gasteiger partial charge in [0.15, 0.2) is 5.11 Å². The van der Waals surface area contributed by atoms with Gasteiger partial charge in [-0.15, -0.1) is 0 Å². The monoisotopic (exact) mass is 650 g/mol. The summed E-state index contributed by atoms with van der Waals surface area (Å²) in [5.74, 6) is -1.32. The first-order valence-electron chi connectivity index (χ1n) is 10.1. The van der Waals surface area contributed by atoms with Crippen molar-refractivity contribution in [2.24, 2.45) is 0 Å². The van der Waals surface area contributed by atoms with Crippen molar-refractivity contribution in [2.75, 3.05) is 4.90 Å². The van der Waals surface area contributed by atoms with Gasteiger partial charge in [-0.1, -0.05) is 42.0 Å². The van der Waals surface area contributed by atoms with E-state index < -0.39 is 17.6 Å². The highest BCUT2D eigenvalue weighted by molar-refractivity contribution is 14.1. The lowest BCUT2D eigenvalue weighted by atomic mass is 10.1. The number of halogens is 3. The van der Waals surface area contributed by atoms with Gasteiger partial charge in [0, 0.05) is 0 Å². The second kappa shape index (κ2) is 10.3. The Balaban J connectivity index is 1.61. The Labute approximate surface area is 223 Å². The van der Waals surface area contributed by atoms with Gasteiger partial charge in [0.2, 0.25) is 0 Å². The molecule has 0 aliphatic carbocycles. The fraction of sp³-hybridized carbons (Fsp3) is 0.0800. The molecule has 2 amide bonds. The van der Waals surface area contributed by atoms with Crippen molar-refractivity contribution in [3.8, 4) is 5.75 Å². The van der Waals surface area contributed by atoms with E-state index in [-0.39, 0.29) is 16.4 Å². The van der Waals surface area contributed by atoms with E-state index >= 15 is 0 Å². The van der Waals surface area contributed by atoms with Crippen molar-refractivity contribution in [3.05, 3.63) is 96.8 Å². The van der Waals surface area contributed by atoms with Gasteiger partial charge >= 0.3 is 0 Å². The van der Waals surface area contributed by atoms with E-state index in [9.17, 15) is 14.0 Å². The van der Waals surface area contributed by atoms with Crippen LogP contribution in [-0.2, 0) is 16.2 Å². The molecule has 4 rings (SSSR count). The van der Waals surface area contributed by atoms with Crippen LogP contribution in [0.3, 0.4) is 0 Å². The fourth-order valence-electron chi connectivity index (χ4n) is 3.32. The predicted molar refractivity (Wildman–Crippen MR) is 145 cm³/mol. The lowest BCUT2D eigenvalue weighted by molar-refractivity contribution is -0.122. The number of ether oxygens (including phenoxy) is 1. The van der Waals surface area contributed by atoms with Crippen LogP contribution in [0.25, 0.3) is 6.08 Å². The molecule has 0 radical (unpaired) electrons. The van der Waals surface area contributed by atoms with Crippen LogP contribution in [0.5, 0.6) is 5.75 Å². The Morgan fingerprint density at radius 3 is 2.53 bits per heavy atom. The first kappa shape index (κ1) is 24.5. The Hall–Kier alpha value is -2.63. The molecule has 34 heavy (non-hydrogen) atoms. The Bertz CT molecular complexity index is 1320. The van der Waals surface area contributed by atoms with Crippen LogP contribution in [0.2, 0.25) is 0 Å². The summed E-state index contributed by atoms with van der Waals surface area (Å²) in [7, 11) is 0. The third-order valence-corrected chi connectivity index (χ3v) is 6.71. The zero-order valence-corrected chi connectivity index (χ0v) is 22.3. The van der Waals surface area contributed by atoms with Gasteiger partial charge in [0.1, 0.15) is 23.7 Å². The third-order valence-electron chi connectivity index (χ3n) is 5.03. The maximum atomic E-state index is 14.3. The summed E-state index contributed by atoms with van der Waals surface area (Å²) in [6.45, 7) is 2.42. The molecule has 0 bridgehead atoms. The summed E-state index contributed by atoms with van der Waals surface area (Å²) in [6, 6.07) is 17.4. The maximum Gasteiger partial charge on any atom is 0.270 e. The quantitative estimate of drug-likeness (QED) is 0.161. The molecule has 1 fully saturated rings. The largest absolute Gasteiger partial charge is 0.487 e. The molecule has 172 valence electrons. The molecular weight excluding hydrogens is 634 g/mol. The molecule has 0 aromatic heterocycles. The summed E-state index contributed by atoms with van der Waals surface area (Å²) < 4.78 is 21.8. The summed E-state index contributed by atoms with van der Waals surface area (Å²) in [5, 5.41) is 2.29. The first-order valence-corrected chi connectivity index (χ1v) is 12.4. The minimum Gasteiger partial charge on any atom is -0.487 e. The van der Waals surface area contributed by atoms with Gasteiger partial charge in [-0.2, -0.15) is 0 Å². The van der Waals surface area contributed by atoms with Crippen LogP contribution in [0.4, 0.5) is 10.1 Å². The molecule has 5 nitrogen and oxygen atoms in total. The van der Waals surface area contributed by atoms with Crippen molar-refractivity contribution in [1.82, 2.24) is 5.32 Å². The Kier molecular flexibility index (Phi) is 7.44. The van der Waals surface area contributed by atoms with Crippen LogP contribution in [0, 0.1) is 16.3 Å². The highest BCUT2D eigenvalue weighted by atomic mass is 127. The summed E-state index contributed by atoms with van der Waals surface area (Å²) >= 11 is 10.8. The molecule has 0 unspecified atom stereocenters. The first-order chi connectivity index (χ1) is 16.2. The summed E-state index contributed by atoms with van der Waals surface area (Å²) in [6.07, 6.45) is 1.45. The zero-order chi connectivity index (χ0) is 24.4. The molecule has 9 heteroatoms. The maximum absolute atomic E-state index is 14.3. The summed E-state index contributed by atoms with van der Waals surface area (Å²) in [4.78, 5) is 26.7. The van der Waals surface area contributed by atoms with Gasteiger partial charge in [-0.25, -0.2) is 9.29 Å². The number of nitrogens with zero attached hydrogens (tertiary/aromatic N) is 1. The van der Waals surface area contributed by atoms with Crippen LogP contribution >= 0.6 is 50.7 Å². The second-order valence-corrected chi connectivity index (χ2v) is 9.90. The van der Waals surface area contributed by atoms with E-state index in [2.05, 4.69) is 43.8 Å². The minimum absolute atomic E-state index is 0.0287. The molecule has 3 aromatic carbocycles. The van der Waals surface area contributed by atoms with Gasteiger partial charge in [0.25, 0.3) is 11.8 Å². The van der Waals surface area contributed by atoms with Crippen LogP contribution in [0.15, 0.2) is 70.7 Å². The van der Waals surface area contributed by atoms with E-state index in [1.165, 1.54) is 29.8 Å². The van der Waals surface area contributed by atoms with Crippen molar-refractivity contribution < 1.29 is 18.7 Å². The number of carbonyl (C=O) groups excluding carboxylic acids is 2. The Morgan fingerprint density at radius 2 is 1.85 bits per heavy atom. The number of benzene rings is 3. The molecule has 1 aliphatic heterocycles. The molecule has 0 spiro atoms. The van der Waals surface area contributed by atoms with Crippen LogP contribution in [-0.4, -0.2) is 16.9 Å². The molecule has 1 heterocycles. The van der Waals surface area contributed by atoms with Gasteiger partial charge < -0.3 is 4.74 Å². The van der Waals surface area contributed by atoms with Crippen molar-refractivity contribution in [1.29, 1.82) is 0 Å². The van der Waals surface area contributed by atoms with Gasteiger partial charge in [-0.3, -0.25) is 14.9 Å². The lowest BCUT2D eigenvalue weighted by Crippen LogP contribution is -2.54. The Morgan fingerprint density at radius 1 is 1.15 bits per heavy atom. The van der Waals surface area contributed by atoms with Crippen LogP contribution in [0.1, 0.15) is 16.7 Å². The van der Waals surface area contributed by atoms with E-state index in [1.807, 2.05) is 31.2 Å². The van der Waals surface area contributed by atoms with Crippen LogP contribution < -0.4 is 15.0 Å². The van der Waals surface area contributed by atoms with Crippen molar-refractivity contribution in [3.63, 3.8) is 0 Å². The van der Waals surface area contributed by atoms with E-state index in [0.717, 1.165) is 14.0 Å². The zero-order valence-electron chi connectivity index (χ0n) is 17.8. The number of rotatable bonds is 5. The minimum atomic E-state index is -0.704. The third kappa shape index (κ3) is 5.21. The lowest BCUT2D eigenvalue weighted by Gasteiger charge is -2.29. The topological polar surface area (TPSA) is 58.6 Å². The van der Waals surface area contributed by atoms with Crippen molar-refractivity contribution in [2.45, 2.75) is 13.5 Å². The standard InChI is InChI=1S/C25H17BrFIN2O3S/c1-14-6-8-15(9-7-14)13-33-22-18(26)11-16(12-20(22)28)10-17-23(31)29-25(34)30(24(17)32)21-5-3-2-4-19(21)27/h2-12H,13H2,1H3,(H,29,31,34)/b17-10+. The smallest absolute Gasteiger partial charge is 0.270 e. The average molecular weight is 651 g/mol. The number of nitrogens with one attached hydrogen (secondary N) is 1. The molecule has 0 atom stereocenters. The molecule has 1 N–H and O–H groups in total. The average Bonchev–Trinajstić information content (AvgIpc) is 2.78. The summed E-state index contributed by atoms with van der Waals surface area (Å²) in [5.41, 5.74) is 2.62. The number of amides is 2. The number of hydrogen-bond acceptors (Lipinski definition) is 4. The number of carbonyl (C=O) groups is 2.